The van der Waals surface area contributed by atoms with E-state index in [0.29, 0.717) is 77.6 Å². The Hall–Kier alpha value is -4.41. The monoisotopic (exact) mass is 2140 g/mol. The quantitative estimate of drug-likeness (QED) is 0.0160. The van der Waals surface area contributed by atoms with Crippen LogP contribution < -0.4 is 9.80 Å². The summed E-state index contributed by atoms with van der Waals surface area (Å²) < 4.78 is 151. The number of rotatable bonds is 48. The molecule has 4 saturated heterocycles. The number of hydrogen-bond donors (Lipinski definition) is 1. The first-order valence-corrected chi connectivity index (χ1v) is 67.7. The number of carbonyl (C=O) groups is 2. The van der Waals surface area contributed by atoms with Crippen molar-refractivity contribution in [3.8, 4) is 0 Å². The molecule has 12 rings (SSSR count). The fourth-order valence-electron chi connectivity index (χ4n) is 16.4. The third-order valence-corrected chi connectivity index (χ3v) is 35.9. The Morgan fingerprint density at radius 1 is 0.504 bits per heavy atom. The third kappa shape index (κ3) is 31.8. The molecule has 0 aromatic carbocycles. The van der Waals surface area contributed by atoms with Gasteiger partial charge in [0.1, 0.15) is 77.7 Å². The van der Waals surface area contributed by atoms with Crippen LogP contribution in [0.2, 0.25) is 113 Å². The van der Waals surface area contributed by atoms with Crippen molar-refractivity contribution in [3.05, 3.63) is 57.9 Å². The fourth-order valence-corrected chi connectivity index (χ4v) is 23.8. The smallest absolute Gasteiger partial charge is 0.416 e. The first-order chi connectivity index (χ1) is 64.1. The lowest BCUT2D eigenvalue weighted by molar-refractivity contribution is -0.200. The van der Waals surface area contributed by atoms with Gasteiger partial charge in [-0.15, -0.1) is 40.2 Å². The summed E-state index contributed by atoms with van der Waals surface area (Å²) in [7, 11) is -13.5. The van der Waals surface area contributed by atoms with Gasteiger partial charge in [-0.05, 0) is 205 Å². The Labute approximate surface area is 829 Å². The van der Waals surface area contributed by atoms with Gasteiger partial charge in [-0.2, -0.15) is 9.97 Å². The molecule has 6 fully saturated rings. The van der Waals surface area contributed by atoms with E-state index in [9.17, 15) is 19.3 Å². The van der Waals surface area contributed by atoms with Crippen LogP contribution in [0.3, 0.4) is 0 Å². The van der Waals surface area contributed by atoms with Crippen molar-refractivity contribution in [1.29, 1.82) is 0 Å². The van der Waals surface area contributed by atoms with Crippen molar-refractivity contribution < 1.29 is 113 Å². The number of anilines is 2. The van der Waals surface area contributed by atoms with E-state index >= 15 is 4.57 Å². The number of aromatic nitrogens is 14. The number of aliphatic hydroxyl groups excluding tert-OH is 1. The zero-order chi connectivity index (χ0) is 101. The fraction of sp³-hybridized carbons (Fsp3) is 0.818. The van der Waals surface area contributed by atoms with Crippen molar-refractivity contribution in [2.75, 3.05) is 102 Å². The van der Waals surface area contributed by atoms with Crippen LogP contribution >= 0.6 is 54.3 Å². The molecule has 2 aliphatic carbocycles. The molecule has 0 spiro atoms. The molecule has 4 aliphatic heterocycles. The maximum Gasteiger partial charge on any atom is 0.416 e. The molecular weight excluding hydrogens is 1990 g/mol. The van der Waals surface area contributed by atoms with Gasteiger partial charge in [-0.25, -0.2) is 18.6 Å². The van der Waals surface area contributed by atoms with E-state index in [1.807, 2.05) is 93.5 Å². The zero-order valence-corrected chi connectivity index (χ0v) is 94.2. The van der Waals surface area contributed by atoms with E-state index < -0.39 is 149 Å². The Balaban J connectivity index is 0.000000249. The van der Waals surface area contributed by atoms with Crippen LogP contribution in [0.15, 0.2) is 24.3 Å². The lowest BCUT2D eigenvalue weighted by Crippen LogP contribution is -2.47. The summed E-state index contributed by atoms with van der Waals surface area (Å²) in [5, 5.41) is 41.4. The highest BCUT2D eigenvalue weighted by Gasteiger charge is 2.62. The van der Waals surface area contributed by atoms with Gasteiger partial charge in [0.15, 0.2) is 48.3 Å². The number of ether oxygens (including phenoxy) is 15. The molecule has 0 unspecified atom stereocenters. The minimum Gasteiger partial charge on any atom is -0.443 e. The van der Waals surface area contributed by atoms with E-state index in [0.717, 1.165) is 82.1 Å². The second kappa shape index (κ2) is 48.7. The molecule has 0 bridgehead atoms. The summed E-state index contributed by atoms with van der Waals surface area (Å²) in [6.45, 7) is 53.6. The summed E-state index contributed by atoms with van der Waals surface area (Å²) in [6, 6.07) is 11.0. The molecule has 6 aliphatic rings. The predicted molar refractivity (Wildman–Crippen MR) is 531 cm³/mol. The summed E-state index contributed by atoms with van der Waals surface area (Å²) >= 11 is 16.6. The second-order valence-corrected chi connectivity index (χ2v) is 71.3. The van der Waals surface area contributed by atoms with Gasteiger partial charge in [-0.3, -0.25) is 18.9 Å². The normalized spacial score (nSPS) is 22.1. The summed E-state index contributed by atoms with van der Waals surface area (Å²) in [4.78, 5) is 42.9. The van der Waals surface area contributed by atoms with Gasteiger partial charge in [0.25, 0.3) is 0 Å². The molecule has 2 amide bonds. The SMILES string of the molecule is CCOP(=O)(OCC)[C@@](COCC[Si](C)(C)C)(COCc1nnn(COCC[Si](C)(C)C)n1)OC[C@H]1O[C@H](c2ccc3c(N(C(=O)OC(C)(C)C)C4CCCC4)nc(Cl)nn23)[C@@H]2OC(C)(C)O[C@@H]21.CCOP(=O)(OCC)[C@](CO)(COCC[Si](C)(C)C)OC[C@H]1O[C@H](c2ccc3c(N(C(=O)OC(C)(C)C)C4CCCC4)nc(Cl)nn23)[C@@H]2OC(C)(C)O[C@@H]21.C[Si](C)(C)CCOCn1nnc(CBr)n1. The van der Waals surface area contributed by atoms with Crippen LogP contribution in [0.4, 0.5) is 21.2 Å². The largest absolute Gasteiger partial charge is 0.443 e. The van der Waals surface area contributed by atoms with Gasteiger partial charge in [0.2, 0.25) is 21.3 Å². The molecule has 40 nitrogen and oxygen atoms in total. The molecule has 776 valence electrons. The zero-order valence-electron chi connectivity index (χ0n) is 85.3. The van der Waals surface area contributed by atoms with Gasteiger partial charge < -0.3 is 94.3 Å². The van der Waals surface area contributed by atoms with Crippen molar-refractivity contribution in [2.45, 2.75) is 371 Å². The summed E-state index contributed by atoms with van der Waals surface area (Å²) in [5.41, 5.74) is 0.772. The van der Waals surface area contributed by atoms with Crippen molar-refractivity contribution in [1.82, 2.24) is 69.6 Å². The number of tetrazole rings is 2. The average molecular weight is 2140 g/mol. The Kier molecular flexibility index (Phi) is 40.7. The third-order valence-electron chi connectivity index (χ3n) is 23.1. The molecule has 137 heavy (non-hydrogen) atoms. The Morgan fingerprint density at radius 3 is 1.20 bits per heavy atom. The number of hydrogen-bond acceptors (Lipinski definition) is 34. The van der Waals surface area contributed by atoms with Gasteiger partial charge >= 0.3 is 27.4 Å². The summed E-state index contributed by atoms with van der Waals surface area (Å²) in [5.74, 6) is -0.333. The van der Waals surface area contributed by atoms with Crippen LogP contribution in [-0.4, -0.2) is 294 Å². The van der Waals surface area contributed by atoms with Crippen LogP contribution in [0.1, 0.15) is 184 Å². The molecule has 10 heterocycles. The van der Waals surface area contributed by atoms with Crippen molar-refractivity contribution in [3.63, 3.8) is 0 Å². The molecule has 49 heteroatoms. The Morgan fingerprint density at radius 2 is 0.847 bits per heavy atom. The minimum absolute atomic E-state index is 0.0580. The number of amides is 2. The van der Waals surface area contributed by atoms with Gasteiger partial charge in [-0.1, -0.05) is 120 Å². The van der Waals surface area contributed by atoms with Gasteiger partial charge in [0, 0.05) is 70.8 Å². The molecule has 10 atom stereocenters. The van der Waals surface area contributed by atoms with Crippen LogP contribution in [-0.2, 0) is 124 Å². The van der Waals surface area contributed by atoms with E-state index in [2.05, 4.69) is 145 Å². The number of nitrogens with zero attached hydrogens (tertiary/aromatic N) is 16. The standard InChI is InChI=1S/C44H76ClN8O12PSi2.C36H60ClN4O11PSi.C8H17BrN4OSi/c1-14-60-66(55,61-15-2)44(28-56-22-24-67(8,9)10,29-58-27-35-47-50-51(48-35)30-57-23-25-68(11,12)13)59-26-34-37-38(64-43(6,7)63-37)36(62-34)32-20-21-33-39(46-40(45)49-53(32)33)52(31-18-16-17-19-31)41(54)65-42(3,4)5;1-11-47-53(44,48-12-2)36(22-42,23-45-19-20-54(8,9)10)46-21-27-29-30(51-35(6,7)50-29)28(49-27)25-17-18-26-31(38-32(37)39-41(25)26)40(24-15-13-14-16-24)33(43)52-34(3,4)5;1-15(2,3)5-4-14-7-13-11-8(6-9)10-12-13/h20-21,31,34,36-38H,14-19,22-30H2,1-13H3;17-18,24,27-30,42H,11-16,19-23H2,1-10H3;4-7H2,1-3H3/t34-,36-,37-,38+,44+;27-,28-,29-,30+,36-;/m11./s1. The molecule has 1 N–H and O–H groups in total. The maximum atomic E-state index is 15.2. The van der Waals surface area contributed by atoms with E-state index in [1.165, 1.54) is 9.59 Å². The second-order valence-electron chi connectivity index (χ2n) is 43.0. The van der Waals surface area contributed by atoms with Crippen molar-refractivity contribution >= 4 is 121 Å². The highest BCUT2D eigenvalue weighted by atomic mass is 79.9. The first kappa shape index (κ1) is 115. The Bertz CT molecular complexity index is 4930. The molecule has 6 aromatic heterocycles. The van der Waals surface area contributed by atoms with E-state index in [1.54, 1.807) is 46.5 Å². The molecule has 6 aromatic rings. The molecule has 0 radical (unpaired) electrons. The first-order valence-electron chi connectivity index (χ1n) is 47.9. The molecule has 2 saturated carbocycles. The number of halogens is 3. The number of carbonyl (C=O) groups excluding carboxylic acids is 2. The lowest BCUT2D eigenvalue weighted by atomic mass is 10.1. The number of alkyl halides is 1. The van der Waals surface area contributed by atoms with Gasteiger partial charge in [0.05, 0.1) is 82.8 Å². The van der Waals surface area contributed by atoms with Crippen LogP contribution in [0.5, 0.6) is 0 Å². The average Bonchev–Trinajstić information content (AvgIpc) is 1.58. The van der Waals surface area contributed by atoms with Crippen LogP contribution in [0, 0.1) is 0 Å². The predicted octanol–water partition coefficient (Wildman–Crippen LogP) is 18.1. The minimum atomic E-state index is -4.19. The highest BCUT2D eigenvalue weighted by Crippen LogP contribution is 2.63. The summed E-state index contributed by atoms with van der Waals surface area (Å²) in [6.07, 6.45) is 0.449. The van der Waals surface area contributed by atoms with Crippen molar-refractivity contribution in [2.24, 2.45) is 0 Å². The van der Waals surface area contributed by atoms with E-state index in [-0.39, 0.29) is 95.5 Å². The van der Waals surface area contributed by atoms with E-state index in [4.69, 9.17) is 112 Å². The number of fused-ring (bicyclic) bond motifs is 4. The topological polar surface area (TPSA) is 418 Å². The lowest BCUT2D eigenvalue weighted by Gasteiger charge is -2.39. The maximum absolute atomic E-state index is 15.2. The number of aliphatic hydroxyl groups is 1. The van der Waals surface area contributed by atoms with Crippen LogP contribution in [0.25, 0.3) is 11.0 Å². The molecular formula is C88H153BrCl2N16O24P2Si4. The highest BCUT2D eigenvalue weighted by molar-refractivity contribution is 9.08.